The van der Waals surface area contributed by atoms with Crippen LogP contribution in [0.25, 0.3) is 0 Å². The van der Waals surface area contributed by atoms with E-state index in [9.17, 15) is 25.9 Å². The molecule has 2 aromatic heterocycles. The molecule has 0 radical (unpaired) electrons. The van der Waals surface area contributed by atoms with E-state index in [0.29, 0.717) is 0 Å². The zero-order chi connectivity index (χ0) is 21.8. The molecule has 0 amide bonds. The summed E-state index contributed by atoms with van der Waals surface area (Å²) in [5.74, 6) is -2.31. The van der Waals surface area contributed by atoms with Crippen molar-refractivity contribution in [2.75, 3.05) is 11.5 Å². The second-order valence-electron chi connectivity index (χ2n) is 5.94. The van der Waals surface area contributed by atoms with Gasteiger partial charge in [0.25, 0.3) is 0 Å². The van der Waals surface area contributed by atoms with E-state index in [0.717, 1.165) is 13.1 Å². The van der Waals surface area contributed by atoms with Gasteiger partial charge >= 0.3 is 0 Å². The van der Waals surface area contributed by atoms with Gasteiger partial charge in [-0.05, 0) is 38.8 Å². The second kappa shape index (κ2) is 12.6. The molecule has 0 atom stereocenters. The van der Waals surface area contributed by atoms with Crippen molar-refractivity contribution in [3.63, 3.8) is 0 Å². The highest BCUT2D eigenvalue weighted by atomic mass is 32.2. The van der Waals surface area contributed by atoms with E-state index >= 15 is 0 Å². The molecule has 0 saturated heterocycles. The zero-order valence-electron chi connectivity index (χ0n) is 16.6. The summed E-state index contributed by atoms with van der Waals surface area (Å²) in [4.78, 5) is 0. The minimum atomic E-state index is -4.59. The van der Waals surface area contributed by atoms with Gasteiger partial charge in [-0.25, -0.2) is 26.0 Å². The van der Waals surface area contributed by atoms with Gasteiger partial charge in [0, 0.05) is 24.3 Å². The minimum absolute atomic E-state index is 1.06. The number of nitrogens with zero attached hydrogens (tertiary/aromatic N) is 2. The van der Waals surface area contributed by atoms with Crippen molar-refractivity contribution in [2.45, 2.75) is 40.8 Å². The molecule has 8 nitrogen and oxygen atoms in total. The highest BCUT2D eigenvalue weighted by Crippen LogP contribution is 1.89. The molecule has 158 valence electrons. The monoisotopic (exact) mass is 432 g/mol. The van der Waals surface area contributed by atoms with Gasteiger partial charge in [-0.3, -0.25) is 0 Å². The Balaban J connectivity index is 0.000000391. The van der Waals surface area contributed by atoms with E-state index in [-0.39, 0.29) is 0 Å². The Morgan fingerprint density at radius 1 is 0.679 bits per heavy atom. The van der Waals surface area contributed by atoms with E-state index in [1.54, 1.807) is 0 Å². The minimum Gasteiger partial charge on any atom is -0.748 e. The van der Waals surface area contributed by atoms with Crippen molar-refractivity contribution in [3.8, 4) is 0 Å². The lowest BCUT2D eigenvalue weighted by molar-refractivity contribution is -0.693. The highest BCUT2D eigenvalue weighted by molar-refractivity contribution is 7.89. The normalized spacial score (nSPS) is 10.9. The number of rotatable bonds is 5. The van der Waals surface area contributed by atoms with Crippen molar-refractivity contribution in [2.24, 2.45) is 0 Å². The second-order valence-corrected chi connectivity index (χ2v) is 8.98. The summed E-state index contributed by atoms with van der Waals surface area (Å²) in [7, 11) is -9.17. The molecule has 0 fully saturated rings. The third-order valence-electron chi connectivity index (χ3n) is 3.43. The van der Waals surface area contributed by atoms with Crippen LogP contribution < -0.4 is 9.13 Å². The SMILES string of the molecule is CC[n+]1ccc(C)cc1.CC[n+]1ccc(C)cc1.O=S(=O)([O-])CCS(=O)(=O)[O-]. The molecule has 28 heavy (non-hydrogen) atoms. The quantitative estimate of drug-likeness (QED) is 0.506. The number of pyridine rings is 2. The van der Waals surface area contributed by atoms with Gasteiger partial charge in [0.05, 0.1) is 31.7 Å². The summed E-state index contributed by atoms with van der Waals surface area (Å²) in [6, 6.07) is 8.46. The lowest BCUT2D eigenvalue weighted by atomic mass is 10.3. The summed E-state index contributed by atoms with van der Waals surface area (Å²) in [5.41, 5.74) is 2.64. The molecule has 0 aliphatic carbocycles. The van der Waals surface area contributed by atoms with Gasteiger partial charge in [0.1, 0.15) is 13.1 Å². The molecule has 2 rings (SSSR count). The fraction of sp³-hybridized carbons (Fsp3) is 0.444. The summed E-state index contributed by atoms with van der Waals surface area (Å²) >= 11 is 0. The Kier molecular flexibility index (Phi) is 11.7. The van der Waals surface area contributed by atoms with Gasteiger partial charge in [-0.2, -0.15) is 0 Å². The van der Waals surface area contributed by atoms with E-state index in [4.69, 9.17) is 0 Å². The highest BCUT2D eigenvalue weighted by Gasteiger charge is 1.99. The summed E-state index contributed by atoms with van der Waals surface area (Å²) in [5, 5.41) is 0. The molecule has 0 saturated carbocycles. The molecule has 2 aromatic rings. The maximum Gasteiger partial charge on any atom is 0.169 e. The molecule has 0 spiro atoms. The maximum atomic E-state index is 9.72. The van der Waals surface area contributed by atoms with E-state index in [2.05, 4.69) is 85.9 Å². The van der Waals surface area contributed by atoms with Gasteiger partial charge in [-0.1, -0.05) is 0 Å². The Morgan fingerprint density at radius 2 is 0.929 bits per heavy atom. The molecule has 0 bridgehead atoms. The standard InChI is InChI=1S/2C8H12N.C2H6O6S2/c2*1-3-9-6-4-8(2)5-7-9;3-9(4,5)1-2-10(6,7)8/h2*4-7H,3H2,1-2H3;1-2H2,(H,3,4,5)(H,6,7,8)/q2*+1;/p-2. The van der Waals surface area contributed by atoms with Crippen LogP contribution in [-0.2, 0) is 33.3 Å². The van der Waals surface area contributed by atoms with Crippen LogP contribution in [-0.4, -0.2) is 37.4 Å². The maximum absolute atomic E-state index is 9.72. The lowest BCUT2D eigenvalue weighted by Crippen LogP contribution is -2.30. The zero-order valence-corrected chi connectivity index (χ0v) is 18.2. The first-order valence-corrected chi connectivity index (χ1v) is 11.8. The third kappa shape index (κ3) is 15.2. The van der Waals surface area contributed by atoms with Crippen LogP contribution in [0.1, 0.15) is 25.0 Å². The van der Waals surface area contributed by atoms with E-state index in [1.807, 2.05) is 0 Å². The number of hydrogen-bond donors (Lipinski definition) is 0. The molecule has 0 aliphatic rings. The van der Waals surface area contributed by atoms with Crippen molar-refractivity contribution in [1.82, 2.24) is 0 Å². The van der Waals surface area contributed by atoms with Crippen LogP contribution in [0.2, 0.25) is 0 Å². The van der Waals surface area contributed by atoms with Gasteiger partial charge < -0.3 is 9.11 Å². The average molecular weight is 433 g/mol. The van der Waals surface area contributed by atoms with Gasteiger partial charge in [-0.15, -0.1) is 0 Å². The summed E-state index contributed by atoms with van der Waals surface area (Å²) in [6.45, 7) is 10.6. The first kappa shape index (κ1) is 26.1. The van der Waals surface area contributed by atoms with Crippen molar-refractivity contribution in [1.29, 1.82) is 0 Å². The molecule has 10 heteroatoms. The summed E-state index contributed by atoms with van der Waals surface area (Å²) in [6.07, 6.45) is 8.37. The Bertz CT molecular complexity index is 817. The Hall–Kier alpha value is -1.88. The van der Waals surface area contributed by atoms with Crippen LogP contribution in [0, 0.1) is 13.8 Å². The first-order chi connectivity index (χ1) is 12.9. The molecular weight excluding hydrogens is 404 g/mol. The Morgan fingerprint density at radius 3 is 1.11 bits per heavy atom. The smallest absolute Gasteiger partial charge is 0.169 e. The topological polar surface area (TPSA) is 122 Å². The molecular formula is C18H28N2O6S2. The third-order valence-corrected chi connectivity index (χ3v) is 5.10. The van der Waals surface area contributed by atoms with Gasteiger partial charge in [0.15, 0.2) is 24.8 Å². The first-order valence-electron chi connectivity index (χ1n) is 8.64. The Labute approximate surface area is 168 Å². The van der Waals surface area contributed by atoms with E-state index in [1.165, 1.54) is 11.1 Å². The van der Waals surface area contributed by atoms with Crippen molar-refractivity contribution in [3.05, 3.63) is 60.2 Å². The van der Waals surface area contributed by atoms with Crippen molar-refractivity contribution >= 4 is 20.2 Å². The molecule has 0 aromatic carbocycles. The summed E-state index contributed by atoms with van der Waals surface area (Å²) < 4.78 is 62.6. The van der Waals surface area contributed by atoms with Crippen LogP contribution in [0.4, 0.5) is 0 Å². The molecule has 0 N–H and O–H groups in total. The predicted octanol–water partition coefficient (Wildman–Crippen LogP) is 0.682. The molecule has 0 aliphatic heterocycles. The van der Waals surface area contributed by atoms with Crippen LogP contribution in [0.15, 0.2) is 49.1 Å². The average Bonchev–Trinajstić information content (AvgIpc) is 2.61. The fourth-order valence-electron chi connectivity index (χ4n) is 1.69. The predicted molar refractivity (Wildman–Crippen MR) is 103 cm³/mol. The molecule has 0 unspecified atom stereocenters. The van der Waals surface area contributed by atoms with Gasteiger partial charge in [0.2, 0.25) is 0 Å². The van der Waals surface area contributed by atoms with Crippen LogP contribution >= 0.6 is 0 Å². The van der Waals surface area contributed by atoms with Crippen LogP contribution in [0.3, 0.4) is 0 Å². The molecule has 2 heterocycles. The van der Waals surface area contributed by atoms with Crippen molar-refractivity contribution < 1.29 is 35.1 Å². The number of aromatic nitrogens is 2. The fourth-order valence-corrected chi connectivity index (χ4v) is 3.32. The lowest BCUT2D eigenvalue weighted by Gasteiger charge is -2.08. The number of hydrogen-bond acceptors (Lipinski definition) is 6. The number of aryl methyl sites for hydroxylation is 4. The van der Waals surface area contributed by atoms with Crippen LogP contribution in [0.5, 0.6) is 0 Å². The largest absolute Gasteiger partial charge is 0.748 e. The van der Waals surface area contributed by atoms with E-state index < -0.39 is 31.7 Å².